The van der Waals surface area contributed by atoms with E-state index in [4.69, 9.17) is 0 Å². The molecule has 1 aromatic heterocycles. The average molecular weight is 302 g/mol. The molecule has 1 aliphatic heterocycles. The molecule has 2 rings (SSSR count). The molecular formula is C13H17F3N4O. The number of halogens is 3. The number of hydrogen-bond acceptors (Lipinski definition) is 4. The molecule has 2 heterocycles. The molecule has 3 atom stereocenters. The van der Waals surface area contributed by atoms with Crippen molar-refractivity contribution in [2.75, 3.05) is 6.54 Å². The van der Waals surface area contributed by atoms with Gasteiger partial charge in [0.25, 0.3) is 0 Å². The molecule has 0 spiro atoms. The largest absolute Gasteiger partial charge is 0.471 e. The van der Waals surface area contributed by atoms with Gasteiger partial charge in [0.1, 0.15) is 6.33 Å². The first-order valence-electron chi connectivity index (χ1n) is 6.77. The maximum Gasteiger partial charge on any atom is 0.471 e. The fourth-order valence-corrected chi connectivity index (χ4v) is 2.67. The van der Waals surface area contributed by atoms with E-state index in [1.165, 1.54) is 6.33 Å². The van der Waals surface area contributed by atoms with Crippen molar-refractivity contribution in [3.05, 3.63) is 24.3 Å². The second kappa shape index (κ2) is 6.38. The normalized spacial score (nSPS) is 26.4. The Morgan fingerprint density at radius 1 is 1.43 bits per heavy atom. The molecule has 1 aromatic rings. The highest BCUT2D eigenvalue weighted by atomic mass is 19.4. The zero-order chi connectivity index (χ0) is 15.5. The zero-order valence-corrected chi connectivity index (χ0v) is 11.5. The van der Waals surface area contributed by atoms with Crippen LogP contribution in [-0.4, -0.2) is 40.7 Å². The van der Waals surface area contributed by atoms with Crippen LogP contribution < -0.4 is 10.6 Å². The number of nitrogens with zero attached hydrogens (tertiary/aromatic N) is 2. The average Bonchev–Trinajstić information content (AvgIpc) is 2.47. The summed E-state index contributed by atoms with van der Waals surface area (Å²) in [7, 11) is 0. The summed E-state index contributed by atoms with van der Waals surface area (Å²) in [6.45, 7) is 2.33. The molecule has 21 heavy (non-hydrogen) atoms. The number of carbonyl (C=O) groups excluding carboxylic acids is 1. The third kappa shape index (κ3) is 3.90. The molecule has 0 aromatic carbocycles. The topological polar surface area (TPSA) is 66.9 Å². The van der Waals surface area contributed by atoms with Crippen LogP contribution in [0.5, 0.6) is 0 Å². The van der Waals surface area contributed by atoms with Crippen LogP contribution in [0.4, 0.5) is 13.2 Å². The van der Waals surface area contributed by atoms with Gasteiger partial charge < -0.3 is 10.6 Å². The number of piperidine rings is 1. The van der Waals surface area contributed by atoms with E-state index in [0.29, 0.717) is 13.0 Å². The first-order valence-corrected chi connectivity index (χ1v) is 6.77. The van der Waals surface area contributed by atoms with Crippen LogP contribution in [0, 0.1) is 0 Å². The van der Waals surface area contributed by atoms with Gasteiger partial charge in [0.2, 0.25) is 0 Å². The highest BCUT2D eigenvalue weighted by molar-refractivity contribution is 5.82. The Labute approximate surface area is 120 Å². The Kier molecular flexibility index (Phi) is 4.76. The Hall–Kier alpha value is -1.70. The van der Waals surface area contributed by atoms with Gasteiger partial charge in [-0.25, -0.2) is 9.97 Å². The summed E-state index contributed by atoms with van der Waals surface area (Å²) in [5.41, 5.74) is 0.864. The van der Waals surface area contributed by atoms with Crippen molar-refractivity contribution < 1.29 is 18.0 Å². The van der Waals surface area contributed by atoms with E-state index in [1.807, 2.05) is 12.2 Å². The highest BCUT2D eigenvalue weighted by Gasteiger charge is 2.41. The number of carbonyl (C=O) groups is 1. The second-order valence-electron chi connectivity index (χ2n) is 5.11. The van der Waals surface area contributed by atoms with Gasteiger partial charge in [0, 0.05) is 36.9 Å². The predicted molar refractivity (Wildman–Crippen MR) is 69.5 cm³/mol. The minimum absolute atomic E-state index is 0.0246. The number of rotatable bonds is 3. The van der Waals surface area contributed by atoms with Crippen molar-refractivity contribution in [1.82, 2.24) is 20.6 Å². The highest BCUT2D eigenvalue weighted by Crippen LogP contribution is 2.29. The minimum Gasteiger partial charge on any atom is -0.344 e. The first-order chi connectivity index (χ1) is 9.91. The van der Waals surface area contributed by atoms with E-state index >= 15 is 0 Å². The molecule has 2 N–H and O–H groups in total. The van der Waals surface area contributed by atoms with Crippen molar-refractivity contribution in [1.29, 1.82) is 0 Å². The van der Waals surface area contributed by atoms with Crippen LogP contribution in [-0.2, 0) is 4.79 Å². The fraction of sp³-hybridized carbons (Fsp3) is 0.615. The van der Waals surface area contributed by atoms with E-state index in [2.05, 4.69) is 15.3 Å². The molecule has 1 saturated heterocycles. The lowest BCUT2D eigenvalue weighted by Gasteiger charge is -2.37. The summed E-state index contributed by atoms with van der Waals surface area (Å²) in [6, 6.07) is -0.429. The van der Waals surface area contributed by atoms with Crippen LogP contribution in [0.15, 0.2) is 18.7 Å². The van der Waals surface area contributed by atoms with Crippen LogP contribution in [0.25, 0.3) is 0 Å². The lowest BCUT2D eigenvalue weighted by molar-refractivity contribution is -0.174. The number of aromatic nitrogens is 2. The van der Waals surface area contributed by atoms with Crippen LogP contribution in [0.1, 0.15) is 31.2 Å². The van der Waals surface area contributed by atoms with Gasteiger partial charge in [0.05, 0.1) is 0 Å². The zero-order valence-electron chi connectivity index (χ0n) is 11.5. The molecule has 0 bridgehead atoms. The monoisotopic (exact) mass is 302 g/mol. The van der Waals surface area contributed by atoms with Crippen molar-refractivity contribution in [3.63, 3.8) is 0 Å². The van der Waals surface area contributed by atoms with Gasteiger partial charge in [-0.15, -0.1) is 0 Å². The Morgan fingerprint density at radius 2 is 2.10 bits per heavy atom. The summed E-state index contributed by atoms with van der Waals surface area (Å²) in [5.74, 6) is -1.92. The van der Waals surface area contributed by atoms with Gasteiger partial charge in [-0.3, -0.25) is 4.79 Å². The molecule has 116 valence electrons. The summed E-state index contributed by atoms with van der Waals surface area (Å²) >= 11 is 0. The molecule has 1 aliphatic rings. The van der Waals surface area contributed by atoms with Gasteiger partial charge >= 0.3 is 12.1 Å². The molecule has 0 saturated carbocycles. The summed E-state index contributed by atoms with van der Waals surface area (Å²) < 4.78 is 36.9. The smallest absolute Gasteiger partial charge is 0.344 e. The summed E-state index contributed by atoms with van der Waals surface area (Å²) in [4.78, 5) is 18.9. The SMILES string of the molecule is CCC1NCC(NC(=O)C(F)(F)F)CC1c1cncnc1. The van der Waals surface area contributed by atoms with Crippen molar-refractivity contribution >= 4 is 5.91 Å². The molecule has 3 unspecified atom stereocenters. The molecular weight excluding hydrogens is 285 g/mol. The van der Waals surface area contributed by atoms with E-state index in [1.54, 1.807) is 12.4 Å². The van der Waals surface area contributed by atoms with Crippen LogP contribution >= 0.6 is 0 Å². The lowest BCUT2D eigenvalue weighted by Crippen LogP contribution is -2.54. The predicted octanol–water partition coefficient (Wildman–Crippen LogP) is 1.38. The molecule has 0 radical (unpaired) electrons. The molecule has 0 aliphatic carbocycles. The molecule has 5 nitrogen and oxygen atoms in total. The number of nitrogens with one attached hydrogen (secondary N) is 2. The van der Waals surface area contributed by atoms with E-state index < -0.39 is 18.1 Å². The Balaban J connectivity index is 2.07. The van der Waals surface area contributed by atoms with Crippen molar-refractivity contribution in [2.45, 2.75) is 43.9 Å². The lowest BCUT2D eigenvalue weighted by atomic mass is 9.83. The maximum atomic E-state index is 12.3. The van der Waals surface area contributed by atoms with Crippen LogP contribution in [0.2, 0.25) is 0 Å². The third-order valence-corrected chi connectivity index (χ3v) is 3.69. The minimum atomic E-state index is -4.85. The quantitative estimate of drug-likeness (QED) is 0.885. The van der Waals surface area contributed by atoms with Gasteiger partial charge in [-0.05, 0) is 18.4 Å². The van der Waals surface area contributed by atoms with Crippen molar-refractivity contribution in [2.24, 2.45) is 0 Å². The fourth-order valence-electron chi connectivity index (χ4n) is 2.67. The van der Waals surface area contributed by atoms with Gasteiger partial charge in [-0.1, -0.05) is 6.92 Å². The first kappa shape index (κ1) is 15.7. The second-order valence-corrected chi connectivity index (χ2v) is 5.11. The van der Waals surface area contributed by atoms with E-state index in [-0.39, 0.29) is 12.0 Å². The molecule has 8 heteroatoms. The third-order valence-electron chi connectivity index (χ3n) is 3.69. The van der Waals surface area contributed by atoms with Crippen LogP contribution in [0.3, 0.4) is 0 Å². The van der Waals surface area contributed by atoms with Crippen molar-refractivity contribution in [3.8, 4) is 0 Å². The number of alkyl halides is 3. The number of hydrogen-bond donors (Lipinski definition) is 2. The summed E-state index contributed by atoms with van der Waals surface area (Å²) in [5, 5.41) is 5.22. The van der Waals surface area contributed by atoms with Gasteiger partial charge in [0.15, 0.2) is 0 Å². The molecule has 1 fully saturated rings. The van der Waals surface area contributed by atoms with E-state index in [9.17, 15) is 18.0 Å². The maximum absolute atomic E-state index is 12.3. The van der Waals surface area contributed by atoms with E-state index in [0.717, 1.165) is 12.0 Å². The van der Waals surface area contributed by atoms with Gasteiger partial charge in [-0.2, -0.15) is 13.2 Å². The Bertz CT molecular complexity index is 480. The molecule has 1 amide bonds. The standard InChI is InChI=1S/C13H17F3N4O/c1-2-11-10(8-4-17-7-18-5-8)3-9(6-19-11)20-12(21)13(14,15)16/h4-5,7,9-11,19H,2-3,6H2,1H3,(H,20,21). The Morgan fingerprint density at radius 3 is 2.67 bits per heavy atom. The number of amides is 1. The summed E-state index contributed by atoms with van der Waals surface area (Å²) in [6.07, 6.45) is 1.14.